The first-order chi connectivity index (χ1) is 7.11. The zero-order chi connectivity index (χ0) is 11.4. The maximum atomic E-state index is 9.20. The zero-order valence-electron chi connectivity index (χ0n) is 8.94. The topological polar surface area (TPSA) is 43.7 Å². The molecule has 4 heteroatoms. The Morgan fingerprint density at radius 3 is 2.60 bits per heavy atom. The van der Waals surface area contributed by atoms with Gasteiger partial charge < -0.3 is 15.1 Å². The minimum absolute atomic E-state index is 0.0322. The number of rotatable bonds is 4. The average Bonchev–Trinajstić information content (AvgIpc) is 2.26. The average molecular weight is 230 g/mol. The first-order valence-electron chi connectivity index (χ1n) is 4.83. The number of hydrogen-bond donors (Lipinski definition) is 2. The fourth-order valence-electron chi connectivity index (χ4n) is 1.43. The molecule has 0 aromatic heterocycles. The van der Waals surface area contributed by atoms with Gasteiger partial charge >= 0.3 is 0 Å². The van der Waals surface area contributed by atoms with Crippen molar-refractivity contribution in [3.05, 3.63) is 28.8 Å². The maximum absolute atomic E-state index is 9.20. The van der Waals surface area contributed by atoms with Crippen LogP contribution in [0.5, 0.6) is 0 Å². The summed E-state index contributed by atoms with van der Waals surface area (Å²) in [6, 6.07) is 5.36. The molecular weight excluding hydrogens is 214 g/mol. The van der Waals surface area contributed by atoms with Gasteiger partial charge in [-0.2, -0.15) is 0 Å². The summed E-state index contributed by atoms with van der Waals surface area (Å²) >= 11 is 6.07. The van der Waals surface area contributed by atoms with Gasteiger partial charge in [0, 0.05) is 18.7 Å². The third kappa shape index (κ3) is 2.62. The van der Waals surface area contributed by atoms with Crippen molar-refractivity contribution in [3.8, 4) is 0 Å². The first kappa shape index (κ1) is 12.3. The number of aliphatic hydroxyl groups is 2. The van der Waals surface area contributed by atoms with E-state index in [1.165, 1.54) is 0 Å². The molecule has 0 aliphatic carbocycles. The second-order valence-corrected chi connectivity index (χ2v) is 3.96. The van der Waals surface area contributed by atoms with E-state index in [9.17, 15) is 5.11 Å². The van der Waals surface area contributed by atoms with Crippen LogP contribution in [0.2, 0.25) is 5.02 Å². The Hall–Kier alpha value is -0.770. The molecule has 0 radical (unpaired) electrons. The highest BCUT2D eigenvalue weighted by atomic mass is 35.5. The van der Waals surface area contributed by atoms with Crippen molar-refractivity contribution in [1.29, 1.82) is 0 Å². The van der Waals surface area contributed by atoms with Crippen molar-refractivity contribution in [2.75, 3.05) is 18.6 Å². The number of nitrogens with zero attached hydrogens (tertiary/aromatic N) is 1. The van der Waals surface area contributed by atoms with Gasteiger partial charge in [-0.3, -0.25) is 0 Å². The lowest BCUT2D eigenvalue weighted by Crippen LogP contribution is -2.32. The summed E-state index contributed by atoms with van der Waals surface area (Å²) in [6.07, 6.45) is 0. The molecule has 84 valence electrons. The Bertz CT molecular complexity index is 330. The number of benzene rings is 1. The highest BCUT2D eigenvalue weighted by molar-refractivity contribution is 6.33. The molecule has 15 heavy (non-hydrogen) atoms. The van der Waals surface area contributed by atoms with E-state index < -0.39 is 0 Å². The summed E-state index contributed by atoms with van der Waals surface area (Å²) in [6.45, 7) is 1.88. The summed E-state index contributed by atoms with van der Waals surface area (Å²) in [5, 5.41) is 18.9. The van der Waals surface area contributed by atoms with Crippen LogP contribution in [0, 0.1) is 0 Å². The van der Waals surface area contributed by atoms with Gasteiger partial charge in [-0.15, -0.1) is 0 Å². The van der Waals surface area contributed by atoms with Gasteiger partial charge in [0.15, 0.2) is 0 Å². The van der Waals surface area contributed by atoms with Gasteiger partial charge in [0.25, 0.3) is 0 Å². The summed E-state index contributed by atoms with van der Waals surface area (Å²) in [7, 11) is 1.85. The molecule has 0 saturated heterocycles. The van der Waals surface area contributed by atoms with Crippen molar-refractivity contribution in [2.45, 2.75) is 19.6 Å². The van der Waals surface area contributed by atoms with Crippen molar-refractivity contribution in [2.24, 2.45) is 0 Å². The molecule has 1 rings (SSSR count). The summed E-state index contributed by atoms with van der Waals surface area (Å²) < 4.78 is 0. The second-order valence-electron chi connectivity index (χ2n) is 3.55. The zero-order valence-corrected chi connectivity index (χ0v) is 9.70. The normalized spacial score (nSPS) is 12.6. The highest BCUT2D eigenvalue weighted by Gasteiger charge is 2.15. The molecule has 1 aromatic rings. The van der Waals surface area contributed by atoms with Crippen molar-refractivity contribution in [1.82, 2.24) is 0 Å². The molecule has 0 fully saturated rings. The lowest BCUT2D eigenvalue weighted by atomic mass is 10.1. The van der Waals surface area contributed by atoms with Crippen LogP contribution in [-0.4, -0.2) is 29.9 Å². The Labute approximate surface area is 94.9 Å². The standard InChI is InChI=1S/C11H16ClNO2/c1-8(6-14)13(2)11-9(7-15)4-3-5-10(11)12/h3-5,8,14-15H,6-7H2,1-2H3. The Kier molecular flexibility index (Phi) is 4.39. The van der Waals surface area contributed by atoms with Crippen LogP contribution in [0.15, 0.2) is 18.2 Å². The molecule has 0 aliphatic rings. The van der Waals surface area contributed by atoms with Crippen LogP contribution in [-0.2, 0) is 6.61 Å². The van der Waals surface area contributed by atoms with E-state index in [4.69, 9.17) is 16.7 Å². The van der Waals surface area contributed by atoms with E-state index in [-0.39, 0.29) is 19.3 Å². The SMILES string of the molecule is CC(CO)N(C)c1c(Cl)cccc1CO. The number of aliphatic hydroxyl groups excluding tert-OH is 2. The molecule has 0 saturated carbocycles. The predicted octanol–water partition coefficient (Wildman–Crippen LogP) is 1.65. The van der Waals surface area contributed by atoms with E-state index in [0.29, 0.717) is 5.02 Å². The molecule has 1 aromatic carbocycles. The molecule has 1 unspecified atom stereocenters. The molecule has 0 spiro atoms. The summed E-state index contributed by atoms with van der Waals surface area (Å²) in [5.41, 5.74) is 1.55. The van der Waals surface area contributed by atoms with Gasteiger partial charge in [0.05, 0.1) is 23.9 Å². The van der Waals surface area contributed by atoms with E-state index in [2.05, 4.69) is 0 Å². The van der Waals surface area contributed by atoms with Gasteiger partial charge in [-0.05, 0) is 13.0 Å². The highest BCUT2D eigenvalue weighted by Crippen LogP contribution is 2.30. The van der Waals surface area contributed by atoms with Crippen LogP contribution in [0.4, 0.5) is 5.69 Å². The molecule has 0 heterocycles. The molecule has 3 nitrogen and oxygen atoms in total. The third-order valence-corrected chi connectivity index (χ3v) is 2.82. The first-order valence-corrected chi connectivity index (χ1v) is 5.21. The minimum Gasteiger partial charge on any atom is -0.394 e. The van der Waals surface area contributed by atoms with Gasteiger partial charge in [-0.1, -0.05) is 23.7 Å². The fraction of sp³-hybridized carbons (Fsp3) is 0.455. The molecular formula is C11H16ClNO2. The van der Waals surface area contributed by atoms with E-state index in [1.807, 2.05) is 24.9 Å². The van der Waals surface area contributed by atoms with Gasteiger partial charge in [-0.25, -0.2) is 0 Å². The lowest BCUT2D eigenvalue weighted by Gasteiger charge is -2.28. The lowest BCUT2D eigenvalue weighted by molar-refractivity contribution is 0.267. The molecule has 2 N–H and O–H groups in total. The number of hydrogen-bond acceptors (Lipinski definition) is 3. The number of halogens is 1. The van der Waals surface area contributed by atoms with Crippen molar-refractivity contribution >= 4 is 17.3 Å². The second kappa shape index (κ2) is 5.35. The largest absolute Gasteiger partial charge is 0.394 e. The molecule has 0 bridgehead atoms. The monoisotopic (exact) mass is 229 g/mol. The summed E-state index contributed by atoms with van der Waals surface area (Å²) in [5.74, 6) is 0. The van der Waals surface area contributed by atoms with Crippen molar-refractivity contribution in [3.63, 3.8) is 0 Å². The fourth-order valence-corrected chi connectivity index (χ4v) is 1.75. The van der Waals surface area contributed by atoms with Crippen LogP contribution in [0.3, 0.4) is 0 Å². The quantitative estimate of drug-likeness (QED) is 0.825. The van der Waals surface area contributed by atoms with Crippen LogP contribution in [0.1, 0.15) is 12.5 Å². The van der Waals surface area contributed by atoms with Gasteiger partial charge in [0.2, 0.25) is 0 Å². The van der Waals surface area contributed by atoms with Crippen LogP contribution >= 0.6 is 11.6 Å². The minimum atomic E-state index is -0.0572. The van der Waals surface area contributed by atoms with Gasteiger partial charge in [0.1, 0.15) is 0 Å². The third-order valence-electron chi connectivity index (χ3n) is 2.52. The maximum Gasteiger partial charge on any atom is 0.0702 e. The summed E-state index contributed by atoms with van der Waals surface area (Å²) in [4.78, 5) is 1.87. The number of anilines is 1. The predicted molar refractivity (Wildman–Crippen MR) is 62.3 cm³/mol. The smallest absolute Gasteiger partial charge is 0.0702 e. The Morgan fingerprint density at radius 1 is 1.40 bits per heavy atom. The van der Waals surface area contributed by atoms with E-state index in [0.717, 1.165) is 11.3 Å². The Morgan fingerprint density at radius 2 is 2.07 bits per heavy atom. The molecule has 1 atom stereocenters. The van der Waals surface area contributed by atoms with Crippen molar-refractivity contribution < 1.29 is 10.2 Å². The molecule has 0 amide bonds. The van der Waals surface area contributed by atoms with E-state index >= 15 is 0 Å². The Balaban J connectivity index is 3.10. The number of para-hydroxylation sites is 1. The van der Waals surface area contributed by atoms with Crippen LogP contribution in [0.25, 0.3) is 0 Å². The molecule has 0 aliphatic heterocycles. The van der Waals surface area contributed by atoms with E-state index in [1.54, 1.807) is 12.1 Å². The van der Waals surface area contributed by atoms with Crippen LogP contribution < -0.4 is 4.90 Å². The number of likely N-dealkylation sites (N-methyl/N-ethyl adjacent to an activating group) is 1.